The second-order valence-corrected chi connectivity index (χ2v) is 3.55. The molecule has 0 heterocycles. The van der Waals surface area contributed by atoms with Crippen LogP contribution >= 0.6 is 0 Å². The Bertz CT molecular complexity index is 321. The van der Waals surface area contributed by atoms with Crippen LogP contribution in [0.1, 0.15) is 6.92 Å². The number of methoxy groups -OCH3 is 1. The Balaban J connectivity index is 2.48. The molecule has 1 aromatic rings. The van der Waals surface area contributed by atoms with Crippen molar-refractivity contribution in [2.75, 3.05) is 19.0 Å². The van der Waals surface area contributed by atoms with Gasteiger partial charge in [-0.15, -0.1) is 0 Å². The Morgan fingerprint density at radius 2 is 1.81 bits per heavy atom. The van der Waals surface area contributed by atoms with Crippen molar-refractivity contribution < 1.29 is 17.9 Å². The average Bonchev–Trinajstić information content (AvgIpc) is 2.25. The van der Waals surface area contributed by atoms with Gasteiger partial charge in [-0.05, 0) is 24.3 Å². The van der Waals surface area contributed by atoms with E-state index < -0.39 is 12.1 Å². The third-order valence-electron chi connectivity index (χ3n) is 2.26. The van der Waals surface area contributed by atoms with Gasteiger partial charge in [-0.1, -0.05) is 6.92 Å². The first-order valence-corrected chi connectivity index (χ1v) is 4.88. The molecule has 5 heteroatoms. The highest BCUT2D eigenvalue weighted by Crippen LogP contribution is 2.26. The van der Waals surface area contributed by atoms with Crippen LogP contribution in [0.4, 0.5) is 18.9 Å². The van der Waals surface area contributed by atoms with Crippen LogP contribution < -0.4 is 10.1 Å². The third kappa shape index (κ3) is 3.64. The lowest BCUT2D eigenvalue weighted by Crippen LogP contribution is -2.26. The fourth-order valence-corrected chi connectivity index (χ4v) is 1.10. The van der Waals surface area contributed by atoms with Crippen molar-refractivity contribution in [2.45, 2.75) is 13.1 Å². The first-order chi connectivity index (χ1) is 7.43. The molecule has 0 amide bonds. The predicted molar refractivity (Wildman–Crippen MR) is 56.7 cm³/mol. The molecule has 2 nitrogen and oxygen atoms in total. The van der Waals surface area contributed by atoms with E-state index in [1.165, 1.54) is 7.11 Å². The Morgan fingerprint density at radius 1 is 1.25 bits per heavy atom. The Morgan fingerprint density at radius 3 is 2.25 bits per heavy atom. The van der Waals surface area contributed by atoms with Crippen molar-refractivity contribution in [1.82, 2.24) is 0 Å². The van der Waals surface area contributed by atoms with Crippen molar-refractivity contribution in [3.63, 3.8) is 0 Å². The monoisotopic (exact) mass is 233 g/mol. The summed E-state index contributed by atoms with van der Waals surface area (Å²) in [7, 11) is 1.54. The second kappa shape index (κ2) is 5.09. The highest BCUT2D eigenvalue weighted by atomic mass is 19.4. The van der Waals surface area contributed by atoms with Crippen molar-refractivity contribution in [1.29, 1.82) is 0 Å². The van der Waals surface area contributed by atoms with E-state index in [1.54, 1.807) is 24.3 Å². The molecule has 1 N–H and O–H groups in total. The number of alkyl halides is 3. The standard InChI is InChI=1S/C11H14F3NO/c1-8(11(12,13)14)7-15-9-3-5-10(16-2)6-4-9/h3-6,8,15H,7H2,1-2H3/t8-/m1/s1. The molecule has 0 bridgehead atoms. The Hall–Kier alpha value is -1.39. The topological polar surface area (TPSA) is 21.3 Å². The molecule has 0 fully saturated rings. The maximum Gasteiger partial charge on any atom is 0.393 e. The maximum atomic E-state index is 12.2. The fraction of sp³-hybridized carbons (Fsp3) is 0.455. The second-order valence-electron chi connectivity index (χ2n) is 3.55. The number of nitrogens with one attached hydrogen (secondary N) is 1. The normalized spacial score (nSPS) is 13.3. The minimum atomic E-state index is -4.15. The number of benzene rings is 1. The maximum absolute atomic E-state index is 12.2. The van der Waals surface area contributed by atoms with Crippen LogP contribution in [0.2, 0.25) is 0 Å². The van der Waals surface area contributed by atoms with Gasteiger partial charge in [0.05, 0.1) is 13.0 Å². The third-order valence-corrected chi connectivity index (χ3v) is 2.26. The highest BCUT2D eigenvalue weighted by molar-refractivity contribution is 5.46. The smallest absolute Gasteiger partial charge is 0.393 e. The van der Waals surface area contributed by atoms with Crippen LogP contribution in [0.25, 0.3) is 0 Å². The number of rotatable bonds is 4. The van der Waals surface area contributed by atoms with E-state index in [0.29, 0.717) is 11.4 Å². The van der Waals surface area contributed by atoms with Crippen LogP contribution in [-0.4, -0.2) is 19.8 Å². The molecule has 0 saturated heterocycles. The average molecular weight is 233 g/mol. The summed E-state index contributed by atoms with van der Waals surface area (Å²) in [4.78, 5) is 0. The van der Waals surface area contributed by atoms with E-state index in [4.69, 9.17) is 4.74 Å². The van der Waals surface area contributed by atoms with Gasteiger partial charge >= 0.3 is 6.18 Å². The summed E-state index contributed by atoms with van der Waals surface area (Å²) in [6, 6.07) is 6.75. The zero-order valence-electron chi connectivity index (χ0n) is 9.14. The Kier molecular flexibility index (Phi) is 4.04. The fourth-order valence-electron chi connectivity index (χ4n) is 1.10. The summed E-state index contributed by atoms with van der Waals surface area (Å²) in [5.74, 6) is -0.691. The molecule has 0 unspecified atom stereocenters. The molecule has 0 aromatic heterocycles. The molecule has 0 aliphatic heterocycles. The molecule has 0 aliphatic carbocycles. The Labute approximate surface area is 92.4 Å². The minimum Gasteiger partial charge on any atom is -0.497 e. The largest absolute Gasteiger partial charge is 0.497 e. The molecule has 16 heavy (non-hydrogen) atoms. The zero-order chi connectivity index (χ0) is 12.2. The van der Waals surface area contributed by atoms with Crippen LogP contribution in [0.15, 0.2) is 24.3 Å². The highest BCUT2D eigenvalue weighted by Gasteiger charge is 2.35. The summed E-state index contributed by atoms with van der Waals surface area (Å²) in [5.41, 5.74) is 0.650. The van der Waals surface area contributed by atoms with E-state index in [2.05, 4.69) is 5.32 Å². The van der Waals surface area contributed by atoms with E-state index in [9.17, 15) is 13.2 Å². The molecule has 1 rings (SSSR count). The van der Waals surface area contributed by atoms with Crippen molar-refractivity contribution in [3.8, 4) is 5.75 Å². The van der Waals surface area contributed by atoms with Crippen molar-refractivity contribution in [3.05, 3.63) is 24.3 Å². The molecule has 0 aliphatic rings. The molecule has 90 valence electrons. The minimum absolute atomic E-state index is 0.129. The van der Waals surface area contributed by atoms with Crippen molar-refractivity contribution in [2.24, 2.45) is 5.92 Å². The van der Waals surface area contributed by atoms with Gasteiger partial charge in [0, 0.05) is 12.2 Å². The summed E-state index contributed by atoms with van der Waals surface area (Å²) in [5, 5.41) is 2.73. The molecule has 0 radical (unpaired) electrons. The summed E-state index contributed by atoms with van der Waals surface area (Å²) in [6.07, 6.45) is -4.15. The van der Waals surface area contributed by atoms with E-state index in [1.807, 2.05) is 0 Å². The summed E-state index contributed by atoms with van der Waals surface area (Å²) < 4.78 is 41.6. The number of hydrogen-bond donors (Lipinski definition) is 1. The van der Waals surface area contributed by atoms with Gasteiger partial charge in [-0.2, -0.15) is 13.2 Å². The number of ether oxygens (including phenoxy) is 1. The summed E-state index contributed by atoms with van der Waals surface area (Å²) in [6.45, 7) is 1.02. The molecular formula is C11H14F3NO. The quantitative estimate of drug-likeness (QED) is 0.861. The van der Waals surface area contributed by atoms with Crippen LogP contribution in [0.3, 0.4) is 0 Å². The van der Waals surface area contributed by atoms with Gasteiger partial charge in [0.25, 0.3) is 0 Å². The molecule has 1 aromatic carbocycles. The van der Waals surface area contributed by atoms with Crippen LogP contribution in [0.5, 0.6) is 5.75 Å². The lowest BCUT2D eigenvalue weighted by molar-refractivity contribution is -0.165. The first kappa shape index (κ1) is 12.7. The number of hydrogen-bond acceptors (Lipinski definition) is 2. The van der Waals surface area contributed by atoms with Gasteiger partial charge in [0.2, 0.25) is 0 Å². The van der Waals surface area contributed by atoms with Crippen molar-refractivity contribution >= 4 is 5.69 Å². The van der Waals surface area contributed by atoms with Crippen LogP contribution in [-0.2, 0) is 0 Å². The molecule has 1 atom stereocenters. The lowest BCUT2D eigenvalue weighted by Gasteiger charge is -2.16. The van der Waals surface area contributed by atoms with Gasteiger partial charge in [-0.25, -0.2) is 0 Å². The lowest BCUT2D eigenvalue weighted by atomic mass is 10.1. The molecule has 0 saturated carbocycles. The van der Waals surface area contributed by atoms with E-state index >= 15 is 0 Å². The number of halogens is 3. The van der Waals surface area contributed by atoms with Gasteiger partial charge in [-0.3, -0.25) is 0 Å². The number of anilines is 1. The molecular weight excluding hydrogens is 219 g/mol. The predicted octanol–water partition coefficient (Wildman–Crippen LogP) is 3.31. The zero-order valence-corrected chi connectivity index (χ0v) is 9.14. The van der Waals surface area contributed by atoms with Gasteiger partial charge < -0.3 is 10.1 Å². The summed E-state index contributed by atoms with van der Waals surface area (Å²) >= 11 is 0. The van der Waals surface area contributed by atoms with Crippen LogP contribution in [0, 0.1) is 5.92 Å². The van der Waals surface area contributed by atoms with E-state index in [-0.39, 0.29) is 6.54 Å². The molecule has 0 spiro atoms. The SMILES string of the molecule is COc1ccc(NC[C@@H](C)C(F)(F)F)cc1. The van der Waals surface area contributed by atoms with E-state index in [0.717, 1.165) is 6.92 Å². The van der Waals surface area contributed by atoms with Gasteiger partial charge in [0.1, 0.15) is 5.75 Å². The van der Waals surface area contributed by atoms with Gasteiger partial charge in [0.15, 0.2) is 0 Å². The first-order valence-electron chi connectivity index (χ1n) is 4.88.